The fourth-order valence-electron chi connectivity index (χ4n) is 11.5. The first kappa shape index (κ1) is 35.6. The van der Waals surface area contributed by atoms with Crippen molar-refractivity contribution in [3.8, 4) is 44.5 Å². The quantitative estimate of drug-likeness (QED) is 0.177. The lowest BCUT2D eigenvalue weighted by molar-refractivity contribution is 0.591. The lowest BCUT2D eigenvalue weighted by Gasteiger charge is -2.31. The Bertz CT molecular complexity index is 3600. The van der Waals surface area contributed by atoms with Gasteiger partial charge in [-0.1, -0.05) is 155 Å². The van der Waals surface area contributed by atoms with Gasteiger partial charge >= 0.3 is 0 Å². The first-order chi connectivity index (χ1) is 30.2. The third-order valence-corrected chi connectivity index (χ3v) is 14.7. The second-order valence-corrected chi connectivity index (χ2v) is 18.8. The zero-order valence-electron chi connectivity index (χ0n) is 35.3. The summed E-state index contributed by atoms with van der Waals surface area (Å²) in [4.78, 5) is 0. The van der Waals surface area contributed by atoms with Gasteiger partial charge in [0.1, 0.15) is 22.3 Å². The molecule has 0 bridgehead atoms. The van der Waals surface area contributed by atoms with E-state index in [1.165, 1.54) is 94.2 Å². The van der Waals surface area contributed by atoms with Gasteiger partial charge in [-0.15, -0.1) is 0 Å². The summed E-state index contributed by atoms with van der Waals surface area (Å²) in [6, 6.07) is 60.1. The second-order valence-electron chi connectivity index (χ2n) is 18.8. The first-order valence-corrected chi connectivity index (χ1v) is 22.0. The Kier molecular flexibility index (Phi) is 7.28. The lowest BCUT2D eigenvalue weighted by Crippen LogP contribution is -2.21. The number of benzene rings is 8. The normalized spacial score (nSPS) is 16.9. The minimum Gasteiger partial charge on any atom is -0.456 e. The molecule has 0 aliphatic heterocycles. The van der Waals surface area contributed by atoms with Crippen molar-refractivity contribution in [3.05, 3.63) is 209 Å². The Balaban J connectivity index is 0.991. The van der Waals surface area contributed by atoms with Gasteiger partial charge in [0.25, 0.3) is 0 Å². The van der Waals surface area contributed by atoms with Crippen LogP contribution in [0.25, 0.3) is 94.0 Å². The van der Waals surface area contributed by atoms with Crippen LogP contribution in [0.1, 0.15) is 67.9 Å². The van der Waals surface area contributed by atoms with Gasteiger partial charge in [0.2, 0.25) is 0 Å². The van der Waals surface area contributed by atoms with Gasteiger partial charge in [-0.05, 0) is 139 Å². The molecule has 3 aliphatic rings. The topological polar surface area (TPSA) is 26.3 Å². The standard InChI is InChI=1S/C60H44O2/c1-59(2)49-32-39(37-23-27-54-47(30-37)42-17-8-10-19-52(42)61-54)21-25-44(49)56-51(59)34-46(41-16-12-15-36(29-41)35-13-6-5-7-14-35)58-57(56)45-26-22-40(33-50(45)60(58,3)4)38-24-28-55-48(31-38)43-18-9-11-20-53(43)62-55/h5-32,34,40H,33H2,1-4H3. The maximum absolute atomic E-state index is 6.25. The highest BCUT2D eigenvalue weighted by molar-refractivity contribution is 6.08. The van der Waals surface area contributed by atoms with Gasteiger partial charge in [0.05, 0.1) is 0 Å². The number of hydrogen-bond donors (Lipinski definition) is 0. The van der Waals surface area contributed by atoms with E-state index in [0.29, 0.717) is 0 Å². The van der Waals surface area contributed by atoms with Gasteiger partial charge in [0, 0.05) is 38.3 Å². The highest BCUT2D eigenvalue weighted by Crippen LogP contribution is 2.62. The van der Waals surface area contributed by atoms with Crippen LogP contribution < -0.4 is 0 Å². The zero-order valence-corrected chi connectivity index (χ0v) is 35.3. The first-order valence-electron chi connectivity index (χ1n) is 22.0. The van der Waals surface area contributed by atoms with Crippen LogP contribution in [0.5, 0.6) is 0 Å². The molecule has 1 unspecified atom stereocenters. The molecular weight excluding hydrogens is 753 g/mol. The summed E-state index contributed by atoms with van der Waals surface area (Å²) in [6.45, 7) is 9.83. The monoisotopic (exact) mass is 796 g/mol. The summed E-state index contributed by atoms with van der Waals surface area (Å²) in [5, 5.41) is 4.68. The van der Waals surface area contributed by atoms with Crippen molar-refractivity contribution in [3.63, 3.8) is 0 Å². The average Bonchev–Trinajstić information content (AvgIpc) is 4.00. The van der Waals surface area contributed by atoms with E-state index >= 15 is 0 Å². The number of para-hydroxylation sites is 2. The minimum atomic E-state index is -0.231. The Morgan fingerprint density at radius 1 is 0.435 bits per heavy atom. The van der Waals surface area contributed by atoms with Gasteiger partial charge in [-0.25, -0.2) is 0 Å². The molecule has 2 heterocycles. The van der Waals surface area contributed by atoms with Gasteiger partial charge in [-0.2, -0.15) is 0 Å². The molecule has 0 radical (unpaired) electrons. The molecular formula is C60H44O2. The molecule has 0 amide bonds. The fraction of sp³-hybridized carbons (Fsp3) is 0.133. The molecule has 296 valence electrons. The van der Waals surface area contributed by atoms with Crippen molar-refractivity contribution >= 4 is 49.5 Å². The number of hydrogen-bond acceptors (Lipinski definition) is 2. The molecule has 0 saturated carbocycles. The smallest absolute Gasteiger partial charge is 0.135 e. The van der Waals surface area contributed by atoms with Crippen LogP contribution in [-0.2, 0) is 10.8 Å². The Morgan fingerprint density at radius 2 is 1.05 bits per heavy atom. The molecule has 0 N–H and O–H groups in total. The number of rotatable bonds is 4. The molecule has 62 heavy (non-hydrogen) atoms. The van der Waals surface area contributed by atoms with Gasteiger partial charge < -0.3 is 8.83 Å². The third-order valence-electron chi connectivity index (χ3n) is 14.7. The van der Waals surface area contributed by atoms with Crippen molar-refractivity contribution in [1.29, 1.82) is 0 Å². The summed E-state index contributed by atoms with van der Waals surface area (Å²) in [7, 11) is 0. The van der Waals surface area contributed by atoms with Crippen LogP contribution in [-0.4, -0.2) is 0 Å². The summed E-state index contributed by atoms with van der Waals surface area (Å²) in [6.07, 6.45) is 5.92. The van der Waals surface area contributed by atoms with Gasteiger partial charge in [-0.3, -0.25) is 0 Å². The minimum absolute atomic E-state index is 0.206. The Morgan fingerprint density at radius 3 is 1.82 bits per heavy atom. The van der Waals surface area contributed by atoms with Crippen molar-refractivity contribution in [1.82, 2.24) is 0 Å². The van der Waals surface area contributed by atoms with Crippen molar-refractivity contribution in [2.24, 2.45) is 0 Å². The predicted octanol–water partition coefficient (Wildman–Crippen LogP) is 16.6. The molecule has 8 aromatic carbocycles. The average molecular weight is 797 g/mol. The second kappa shape index (κ2) is 12.7. The van der Waals surface area contributed by atoms with Crippen molar-refractivity contribution in [2.45, 2.75) is 50.9 Å². The third kappa shape index (κ3) is 4.98. The van der Waals surface area contributed by atoms with Crippen LogP contribution in [0.15, 0.2) is 190 Å². The van der Waals surface area contributed by atoms with E-state index in [0.717, 1.165) is 39.5 Å². The molecule has 2 aromatic heterocycles. The molecule has 3 aliphatic carbocycles. The van der Waals surface area contributed by atoms with E-state index in [4.69, 9.17) is 8.83 Å². The summed E-state index contributed by atoms with van der Waals surface area (Å²) in [5.74, 6) is 0.259. The highest BCUT2D eigenvalue weighted by atomic mass is 16.3. The van der Waals surface area contributed by atoms with E-state index in [9.17, 15) is 0 Å². The van der Waals surface area contributed by atoms with Crippen LogP contribution in [0.4, 0.5) is 0 Å². The SMILES string of the molecule is CC1(C)C2=C(C=CC(c3ccc4oc5ccccc5c4c3)C2)c2c3c(cc(-c4cccc(-c5ccccc5)c4)c21)C(C)(C)c1cc(-c2ccc4oc5ccccc5c4c2)ccc1-3. The molecule has 0 spiro atoms. The van der Waals surface area contributed by atoms with Crippen LogP contribution >= 0.6 is 0 Å². The largest absolute Gasteiger partial charge is 0.456 e. The van der Waals surface area contributed by atoms with E-state index in [-0.39, 0.29) is 16.7 Å². The van der Waals surface area contributed by atoms with Crippen LogP contribution in [0.3, 0.4) is 0 Å². The Hall–Kier alpha value is -7.16. The molecule has 1 atom stereocenters. The number of fused-ring (bicyclic) bond motifs is 12. The van der Waals surface area contributed by atoms with Crippen molar-refractivity contribution in [2.75, 3.05) is 0 Å². The van der Waals surface area contributed by atoms with Crippen LogP contribution in [0.2, 0.25) is 0 Å². The summed E-state index contributed by atoms with van der Waals surface area (Å²) in [5.41, 5.74) is 23.5. The van der Waals surface area contributed by atoms with E-state index < -0.39 is 0 Å². The number of allylic oxidation sites excluding steroid dienone is 4. The maximum atomic E-state index is 6.25. The van der Waals surface area contributed by atoms with E-state index in [2.05, 4.69) is 192 Å². The van der Waals surface area contributed by atoms with Crippen molar-refractivity contribution < 1.29 is 8.83 Å². The van der Waals surface area contributed by atoms with Gasteiger partial charge in [0.15, 0.2) is 0 Å². The summed E-state index contributed by atoms with van der Waals surface area (Å²) >= 11 is 0. The maximum Gasteiger partial charge on any atom is 0.135 e. The predicted molar refractivity (Wildman–Crippen MR) is 258 cm³/mol. The highest BCUT2D eigenvalue weighted by Gasteiger charge is 2.47. The molecule has 0 fully saturated rings. The molecule has 2 nitrogen and oxygen atoms in total. The fourth-order valence-corrected chi connectivity index (χ4v) is 11.5. The molecule has 0 saturated heterocycles. The number of furan rings is 2. The van der Waals surface area contributed by atoms with Crippen LogP contribution in [0, 0.1) is 0 Å². The molecule has 10 aromatic rings. The Labute approximate surface area is 361 Å². The van der Waals surface area contributed by atoms with E-state index in [1.54, 1.807) is 0 Å². The van der Waals surface area contributed by atoms with E-state index in [1.807, 2.05) is 12.1 Å². The zero-order chi connectivity index (χ0) is 41.5. The molecule has 2 heteroatoms. The lowest BCUT2D eigenvalue weighted by atomic mass is 9.72. The summed E-state index contributed by atoms with van der Waals surface area (Å²) < 4.78 is 12.5. The molecule has 13 rings (SSSR count).